The molecule has 0 unspecified atom stereocenters. The summed E-state index contributed by atoms with van der Waals surface area (Å²) in [4.78, 5) is 40.1. The molecule has 2 amide bonds. The van der Waals surface area contributed by atoms with Gasteiger partial charge in [0.2, 0.25) is 0 Å². The average Bonchev–Trinajstić information content (AvgIpc) is 3.18. The fraction of sp³-hybridized carbons (Fsp3) is 0.632. The first-order chi connectivity index (χ1) is 13.2. The number of furan rings is 1. The van der Waals surface area contributed by atoms with Crippen LogP contribution in [0.3, 0.4) is 0 Å². The third-order valence-corrected chi connectivity index (χ3v) is 4.29. The van der Waals surface area contributed by atoms with Crippen LogP contribution in [-0.2, 0) is 14.3 Å². The van der Waals surface area contributed by atoms with E-state index in [1.54, 1.807) is 11.0 Å². The number of piperazine rings is 1. The molecular formula is C19H29N3O6. The maximum absolute atomic E-state index is 12.1. The van der Waals surface area contributed by atoms with Crippen molar-refractivity contribution >= 4 is 18.0 Å². The van der Waals surface area contributed by atoms with Crippen molar-refractivity contribution < 1.29 is 28.3 Å². The molecule has 1 saturated heterocycles. The minimum Gasteiger partial charge on any atom is -0.467 e. The van der Waals surface area contributed by atoms with Crippen molar-refractivity contribution in [2.45, 2.75) is 38.8 Å². The molecular weight excluding hydrogens is 366 g/mol. The second-order valence-electron chi connectivity index (χ2n) is 7.62. The monoisotopic (exact) mass is 395 g/mol. The van der Waals surface area contributed by atoms with Gasteiger partial charge in [-0.15, -0.1) is 0 Å². The van der Waals surface area contributed by atoms with Crippen molar-refractivity contribution in [3.63, 3.8) is 0 Å². The number of esters is 1. The molecule has 0 saturated carbocycles. The maximum atomic E-state index is 12.1. The number of hydrogen-bond acceptors (Lipinski definition) is 7. The molecule has 0 bridgehead atoms. The second kappa shape index (κ2) is 9.59. The first-order valence-corrected chi connectivity index (χ1v) is 9.32. The Labute approximate surface area is 164 Å². The third kappa shape index (κ3) is 6.56. The zero-order valence-corrected chi connectivity index (χ0v) is 16.9. The van der Waals surface area contributed by atoms with Crippen LogP contribution in [0.1, 0.15) is 37.7 Å². The molecule has 156 valence electrons. The van der Waals surface area contributed by atoms with E-state index < -0.39 is 23.5 Å². The van der Waals surface area contributed by atoms with Crippen LogP contribution >= 0.6 is 0 Å². The molecule has 9 heteroatoms. The van der Waals surface area contributed by atoms with E-state index >= 15 is 0 Å². The lowest BCUT2D eigenvalue weighted by Crippen LogP contribution is -2.51. The van der Waals surface area contributed by atoms with Crippen molar-refractivity contribution in [2.24, 2.45) is 0 Å². The molecule has 2 heterocycles. The quantitative estimate of drug-likeness (QED) is 0.728. The number of carbonyl (C=O) groups excluding carboxylic acids is 3. The summed E-state index contributed by atoms with van der Waals surface area (Å²) in [6.07, 6.45) is 1.47. The highest BCUT2D eigenvalue weighted by Gasteiger charge is 2.28. The summed E-state index contributed by atoms with van der Waals surface area (Å²) in [7, 11) is 1.29. The largest absolute Gasteiger partial charge is 0.467 e. The van der Waals surface area contributed by atoms with E-state index in [4.69, 9.17) is 13.9 Å². The molecule has 1 aromatic heterocycles. The van der Waals surface area contributed by atoms with Gasteiger partial charge in [-0.2, -0.15) is 0 Å². The van der Waals surface area contributed by atoms with Gasteiger partial charge in [0.1, 0.15) is 11.6 Å². The van der Waals surface area contributed by atoms with E-state index in [9.17, 15) is 14.4 Å². The van der Waals surface area contributed by atoms with Crippen molar-refractivity contribution in [3.05, 3.63) is 24.2 Å². The number of rotatable bonds is 6. The van der Waals surface area contributed by atoms with Gasteiger partial charge < -0.3 is 24.1 Å². The van der Waals surface area contributed by atoms with Crippen LogP contribution in [0.2, 0.25) is 0 Å². The normalized spacial score (nSPS) is 16.4. The second-order valence-corrected chi connectivity index (χ2v) is 7.62. The van der Waals surface area contributed by atoms with Crippen molar-refractivity contribution in [3.8, 4) is 0 Å². The summed E-state index contributed by atoms with van der Waals surface area (Å²) in [5.74, 6) is -0.831. The summed E-state index contributed by atoms with van der Waals surface area (Å²) in [6.45, 7) is 8.54. The standard InChI is InChI=1S/C19H29N3O6/c1-19(2,3)28-18(25)22-11-9-21(10-12-22)8-7-14(17(24)26-4)20-16(23)15-6-5-13-27-15/h5-6,13-14H,7-12H2,1-4H3,(H,20,23)/t14-/m0/s1. The van der Waals surface area contributed by atoms with Crippen LogP contribution in [0, 0.1) is 0 Å². The Morgan fingerprint density at radius 2 is 1.89 bits per heavy atom. The zero-order chi connectivity index (χ0) is 20.7. The predicted molar refractivity (Wildman–Crippen MR) is 101 cm³/mol. The zero-order valence-electron chi connectivity index (χ0n) is 16.9. The van der Waals surface area contributed by atoms with Gasteiger partial charge >= 0.3 is 12.1 Å². The van der Waals surface area contributed by atoms with Gasteiger partial charge in [-0.05, 0) is 39.3 Å². The van der Waals surface area contributed by atoms with E-state index in [1.807, 2.05) is 20.8 Å². The molecule has 0 spiro atoms. The lowest BCUT2D eigenvalue weighted by Gasteiger charge is -2.36. The molecule has 1 atom stereocenters. The van der Waals surface area contributed by atoms with Crippen molar-refractivity contribution in [2.75, 3.05) is 39.8 Å². The minimum absolute atomic E-state index is 0.139. The van der Waals surface area contributed by atoms with E-state index in [2.05, 4.69) is 10.2 Å². The number of amides is 2. The SMILES string of the molecule is COC(=O)[C@H](CCN1CCN(C(=O)OC(C)(C)C)CC1)NC(=O)c1ccco1. The Hall–Kier alpha value is -2.55. The van der Waals surface area contributed by atoms with Gasteiger partial charge in [-0.25, -0.2) is 9.59 Å². The molecule has 9 nitrogen and oxygen atoms in total. The molecule has 1 aliphatic heterocycles. The number of nitrogens with one attached hydrogen (secondary N) is 1. The molecule has 28 heavy (non-hydrogen) atoms. The Balaban J connectivity index is 1.81. The smallest absolute Gasteiger partial charge is 0.410 e. The number of methoxy groups -OCH3 is 1. The fourth-order valence-corrected chi connectivity index (χ4v) is 2.82. The minimum atomic E-state index is -0.772. The topological polar surface area (TPSA) is 101 Å². The van der Waals surface area contributed by atoms with Crippen molar-refractivity contribution in [1.29, 1.82) is 0 Å². The van der Waals surface area contributed by atoms with E-state index in [-0.39, 0.29) is 11.9 Å². The lowest BCUT2D eigenvalue weighted by molar-refractivity contribution is -0.143. The summed E-state index contributed by atoms with van der Waals surface area (Å²) in [5.41, 5.74) is -0.520. The van der Waals surface area contributed by atoms with Gasteiger partial charge in [0, 0.05) is 32.7 Å². The summed E-state index contributed by atoms with van der Waals surface area (Å²) in [6, 6.07) is 2.36. The Morgan fingerprint density at radius 1 is 1.21 bits per heavy atom. The highest BCUT2D eigenvalue weighted by Crippen LogP contribution is 2.12. The van der Waals surface area contributed by atoms with E-state index in [1.165, 1.54) is 19.4 Å². The molecule has 1 aliphatic rings. The van der Waals surface area contributed by atoms with Crippen LogP contribution in [0.5, 0.6) is 0 Å². The lowest BCUT2D eigenvalue weighted by atomic mass is 10.1. The van der Waals surface area contributed by atoms with Gasteiger partial charge in [0.15, 0.2) is 5.76 Å². The molecule has 2 rings (SSSR count). The third-order valence-electron chi connectivity index (χ3n) is 4.29. The Bertz CT molecular complexity index is 660. The van der Waals surface area contributed by atoms with Crippen LogP contribution in [0.15, 0.2) is 22.8 Å². The van der Waals surface area contributed by atoms with Gasteiger partial charge in [0.05, 0.1) is 13.4 Å². The molecule has 1 fully saturated rings. The van der Waals surface area contributed by atoms with Crippen LogP contribution in [0.4, 0.5) is 4.79 Å². The highest BCUT2D eigenvalue weighted by atomic mass is 16.6. The maximum Gasteiger partial charge on any atom is 0.410 e. The molecule has 1 N–H and O–H groups in total. The first-order valence-electron chi connectivity index (χ1n) is 9.32. The van der Waals surface area contributed by atoms with Gasteiger partial charge in [-0.1, -0.05) is 0 Å². The highest BCUT2D eigenvalue weighted by molar-refractivity contribution is 5.94. The van der Waals surface area contributed by atoms with Crippen LogP contribution in [0.25, 0.3) is 0 Å². The Kier molecular flexibility index (Phi) is 7.45. The van der Waals surface area contributed by atoms with Crippen molar-refractivity contribution in [1.82, 2.24) is 15.1 Å². The fourth-order valence-electron chi connectivity index (χ4n) is 2.82. The van der Waals surface area contributed by atoms with E-state index in [0.717, 1.165) is 0 Å². The van der Waals surface area contributed by atoms with Gasteiger partial charge in [0.25, 0.3) is 5.91 Å². The van der Waals surface area contributed by atoms with Gasteiger partial charge in [-0.3, -0.25) is 9.69 Å². The number of ether oxygens (including phenoxy) is 2. The van der Waals surface area contributed by atoms with Crippen LogP contribution in [-0.4, -0.2) is 79.2 Å². The summed E-state index contributed by atoms with van der Waals surface area (Å²) >= 11 is 0. The van der Waals surface area contributed by atoms with E-state index in [0.29, 0.717) is 39.1 Å². The number of hydrogen-bond donors (Lipinski definition) is 1. The Morgan fingerprint density at radius 3 is 2.43 bits per heavy atom. The number of nitrogens with zero attached hydrogens (tertiary/aromatic N) is 2. The average molecular weight is 395 g/mol. The molecule has 0 radical (unpaired) electrons. The molecule has 0 aliphatic carbocycles. The number of carbonyl (C=O) groups is 3. The predicted octanol–water partition coefficient (Wildman–Crippen LogP) is 1.49. The first kappa shape index (κ1) is 21.7. The van der Waals surface area contributed by atoms with Crippen LogP contribution < -0.4 is 5.32 Å². The summed E-state index contributed by atoms with van der Waals surface area (Å²) < 4.78 is 15.2. The summed E-state index contributed by atoms with van der Waals surface area (Å²) in [5, 5.41) is 2.64. The molecule has 1 aromatic rings. The molecule has 0 aromatic carbocycles.